The number of carbonyl (C=O) groups is 2. The van der Waals surface area contributed by atoms with Gasteiger partial charge in [0.25, 0.3) is 0 Å². The average Bonchev–Trinajstić information content (AvgIpc) is 3.33. The van der Waals surface area contributed by atoms with E-state index >= 15 is 0 Å². The number of epoxide rings is 1. The van der Waals surface area contributed by atoms with Gasteiger partial charge in [0.05, 0.1) is 6.10 Å². The van der Waals surface area contributed by atoms with Gasteiger partial charge in [-0.2, -0.15) is 0 Å². The van der Waals surface area contributed by atoms with Gasteiger partial charge in [0.2, 0.25) is 0 Å². The van der Waals surface area contributed by atoms with Crippen molar-refractivity contribution in [1.29, 1.82) is 0 Å². The van der Waals surface area contributed by atoms with E-state index in [4.69, 9.17) is 9.47 Å². The summed E-state index contributed by atoms with van der Waals surface area (Å²) in [6, 6.07) is 0. The summed E-state index contributed by atoms with van der Waals surface area (Å²) >= 11 is 0. The topological polar surface area (TPSA) is 55.9 Å². The Morgan fingerprint density at radius 3 is 2.42 bits per heavy atom. The molecule has 1 spiro atoms. The first-order valence-corrected chi connectivity index (χ1v) is 13.0. The van der Waals surface area contributed by atoms with Gasteiger partial charge in [0, 0.05) is 24.2 Å². The van der Waals surface area contributed by atoms with Crippen molar-refractivity contribution in [3.05, 3.63) is 0 Å². The molecule has 0 aromatic rings. The number of fused-ring (bicyclic) bond motifs is 6. The van der Waals surface area contributed by atoms with Crippen LogP contribution in [-0.4, -0.2) is 29.6 Å². The lowest BCUT2D eigenvalue weighted by Crippen LogP contribution is -2.60. The predicted octanol–water partition coefficient (Wildman–Crippen LogP) is 5.47. The Balaban J connectivity index is 1.33. The summed E-state index contributed by atoms with van der Waals surface area (Å²) in [5, 5.41) is 0. The van der Waals surface area contributed by atoms with E-state index in [9.17, 15) is 9.59 Å². The van der Waals surface area contributed by atoms with E-state index in [0.717, 1.165) is 32.1 Å². The highest BCUT2D eigenvalue weighted by Crippen LogP contribution is 2.77. The van der Waals surface area contributed by atoms with Gasteiger partial charge in [-0.25, -0.2) is 0 Å². The number of ether oxygens (including phenoxy) is 2. The molecule has 5 saturated carbocycles. The third-order valence-corrected chi connectivity index (χ3v) is 12.0. The Bertz CT molecular complexity index is 822. The number of rotatable bonds is 2. The molecule has 31 heavy (non-hydrogen) atoms. The largest absolute Gasteiger partial charge is 0.462 e. The fourth-order valence-corrected chi connectivity index (χ4v) is 10.8. The zero-order chi connectivity index (χ0) is 21.8. The smallest absolute Gasteiger partial charge is 0.302 e. The van der Waals surface area contributed by atoms with Crippen molar-refractivity contribution in [3.8, 4) is 0 Å². The molecule has 5 aliphatic carbocycles. The summed E-state index contributed by atoms with van der Waals surface area (Å²) in [6.45, 7) is 8.45. The van der Waals surface area contributed by atoms with Gasteiger partial charge in [0.1, 0.15) is 17.5 Å². The molecule has 10 atom stereocenters. The zero-order valence-corrected chi connectivity index (χ0v) is 19.9. The molecule has 1 heterocycles. The van der Waals surface area contributed by atoms with Crippen molar-refractivity contribution in [3.63, 3.8) is 0 Å². The van der Waals surface area contributed by atoms with Crippen LogP contribution >= 0.6 is 0 Å². The summed E-state index contributed by atoms with van der Waals surface area (Å²) < 4.78 is 12.2. The van der Waals surface area contributed by atoms with Crippen molar-refractivity contribution < 1.29 is 19.1 Å². The zero-order valence-electron chi connectivity index (χ0n) is 19.9. The molecule has 0 N–H and O–H groups in total. The number of ketones is 1. The Kier molecular flexibility index (Phi) is 4.25. The minimum Gasteiger partial charge on any atom is -0.462 e. The first-order chi connectivity index (χ1) is 14.7. The monoisotopic (exact) mass is 428 g/mol. The molecule has 0 amide bonds. The van der Waals surface area contributed by atoms with Gasteiger partial charge in [-0.05, 0) is 87.4 Å². The standard InChI is InChI=1S/C27H40O4/c1-16(28)26-10-6-5-7-18(26)13-22-20-14-23-27(31-23)15-19(30-17(2)29)8-11-25(27,4)21(20)9-12-24(22,26)3/h18-23H,5-15H2,1-4H3/t18-,19-,20-,21+,22-,23+,24-,25-,26-,27+/m1/s1. The average molecular weight is 429 g/mol. The van der Waals surface area contributed by atoms with Gasteiger partial charge >= 0.3 is 5.97 Å². The van der Waals surface area contributed by atoms with E-state index in [1.807, 2.05) is 6.92 Å². The van der Waals surface area contributed by atoms with Gasteiger partial charge in [0.15, 0.2) is 0 Å². The highest BCUT2D eigenvalue weighted by Gasteiger charge is 2.78. The molecule has 6 rings (SSSR count). The SMILES string of the molecule is CC(=O)O[C@@H]1CC[C@]2(C)[C@H]3CC[C@]4(C)[C@H](C[C@H]5CCCC[C@@]54C(C)=O)[C@@H]3C[C@@H]3O[C@@]32C1. The highest BCUT2D eigenvalue weighted by molar-refractivity contribution is 5.84. The molecule has 0 radical (unpaired) electrons. The highest BCUT2D eigenvalue weighted by atomic mass is 16.6. The quantitative estimate of drug-likeness (QED) is 0.432. The van der Waals surface area contributed by atoms with Crippen LogP contribution in [0.25, 0.3) is 0 Å². The molecule has 6 fully saturated rings. The summed E-state index contributed by atoms with van der Waals surface area (Å²) in [6.07, 6.45) is 13.1. The summed E-state index contributed by atoms with van der Waals surface area (Å²) in [5.74, 6) is 2.98. The van der Waals surface area contributed by atoms with Gasteiger partial charge in [-0.1, -0.05) is 26.7 Å². The second kappa shape index (κ2) is 6.36. The van der Waals surface area contributed by atoms with Crippen LogP contribution in [0.2, 0.25) is 0 Å². The molecule has 0 unspecified atom stereocenters. The maximum atomic E-state index is 13.2. The maximum absolute atomic E-state index is 13.2. The van der Waals surface area contributed by atoms with Gasteiger partial charge in [-0.15, -0.1) is 0 Å². The summed E-state index contributed by atoms with van der Waals surface area (Å²) in [5.41, 5.74) is 0.235. The number of carbonyl (C=O) groups excluding carboxylic acids is 2. The molecule has 4 nitrogen and oxygen atoms in total. The molecular weight excluding hydrogens is 388 g/mol. The van der Waals surface area contributed by atoms with E-state index in [2.05, 4.69) is 13.8 Å². The van der Waals surface area contributed by atoms with Crippen LogP contribution in [0.3, 0.4) is 0 Å². The van der Waals surface area contributed by atoms with Crippen LogP contribution in [0.15, 0.2) is 0 Å². The molecule has 0 aromatic carbocycles. The van der Waals surface area contributed by atoms with E-state index < -0.39 is 0 Å². The van der Waals surface area contributed by atoms with Crippen molar-refractivity contribution in [1.82, 2.24) is 0 Å². The normalized spacial score (nSPS) is 56.9. The van der Waals surface area contributed by atoms with Crippen molar-refractivity contribution in [2.75, 3.05) is 0 Å². The summed E-state index contributed by atoms with van der Waals surface area (Å²) in [4.78, 5) is 24.8. The van der Waals surface area contributed by atoms with Crippen LogP contribution in [0.4, 0.5) is 0 Å². The molecule has 6 aliphatic rings. The first kappa shape index (κ1) is 20.7. The lowest BCUT2D eigenvalue weighted by molar-refractivity contribution is -0.163. The molecule has 4 heteroatoms. The Morgan fingerprint density at radius 1 is 0.903 bits per heavy atom. The van der Waals surface area contributed by atoms with Gasteiger partial charge in [-0.3, -0.25) is 9.59 Å². The first-order valence-electron chi connectivity index (χ1n) is 13.0. The van der Waals surface area contributed by atoms with Crippen molar-refractivity contribution in [2.45, 2.75) is 116 Å². The fraction of sp³-hybridized carbons (Fsp3) is 0.926. The third kappa shape index (κ3) is 2.36. The minimum absolute atomic E-state index is 0.0244. The van der Waals surface area contributed by atoms with Crippen molar-refractivity contribution >= 4 is 11.8 Å². The van der Waals surface area contributed by atoms with Crippen molar-refractivity contribution in [2.24, 2.45) is 39.9 Å². The van der Waals surface area contributed by atoms with Crippen LogP contribution < -0.4 is 0 Å². The molecule has 172 valence electrons. The number of esters is 1. The van der Waals surface area contributed by atoms with Gasteiger partial charge < -0.3 is 9.47 Å². The van der Waals surface area contributed by atoms with E-state index in [0.29, 0.717) is 35.6 Å². The Hall–Kier alpha value is -0.900. The Morgan fingerprint density at radius 2 is 1.68 bits per heavy atom. The van der Waals surface area contributed by atoms with Crippen LogP contribution in [0.5, 0.6) is 0 Å². The second-order valence-corrected chi connectivity index (χ2v) is 12.7. The minimum atomic E-state index is -0.160. The van der Waals surface area contributed by atoms with E-state index in [-0.39, 0.29) is 33.9 Å². The maximum Gasteiger partial charge on any atom is 0.302 e. The van der Waals surface area contributed by atoms with Crippen LogP contribution in [0.1, 0.15) is 98.3 Å². The number of hydrogen-bond donors (Lipinski definition) is 0. The lowest BCUT2D eigenvalue weighted by atomic mass is 9.42. The van der Waals surface area contributed by atoms with E-state index in [1.165, 1.54) is 45.4 Å². The molecule has 1 saturated heterocycles. The third-order valence-electron chi connectivity index (χ3n) is 12.0. The lowest BCUT2D eigenvalue weighted by Gasteiger charge is -2.61. The fourth-order valence-electron chi connectivity index (χ4n) is 10.8. The summed E-state index contributed by atoms with van der Waals surface area (Å²) in [7, 11) is 0. The Labute approximate surface area is 187 Å². The van der Waals surface area contributed by atoms with E-state index in [1.54, 1.807) is 0 Å². The number of hydrogen-bond acceptors (Lipinski definition) is 4. The number of Topliss-reactive ketones (excluding diaryl/α,β-unsaturated/α-hetero) is 1. The predicted molar refractivity (Wildman–Crippen MR) is 117 cm³/mol. The second-order valence-electron chi connectivity index (χ2n) is 12.7. The molecule has 0 aromatic heterocycles. The molecule has 1 aliphatic heterocycles. The molecule has 0 bridgehead atoms. The van der Waals surface area contributed by atoms with Crippen LogP contribution in [-0.2, 0) is 19.1 Å². The molecular formula is C27H40O4. The van der Waals surface area contributed by atoms with Crippen LogP contribution in [0, 0.1) is 39.9 Å².